The number of methoxy groups -OCH3 is 2. The van der Waals surface area contributed by atoms with Crippen LogP contribution >= 0.6 is 0 Å². The second-order valence-electron chi connectivity index (χ2n) is 7.71. The van der Waals surface area contributed by atoms with Gasteiger partial charge in [-0.15, -0.1) is 0 Å². The highest BCUT2D eigenvalue weighted by Crippen LogP contribution is 2.32. The number of para-hydroxylation sites is 2. The number of barbiturate groups is 1. The Labute approximate surface area is 212 Å². The molecule has 0 bridgehead atoms. The summed E-state index contributed by atoms with van der Waals surface area (Å²) in [5.41, 5.74) is 1.16. The van der Waals surface area contributed by atoms with Crippen molar-refractivity contribution in [3.05, 3.63) is 95.6 Å². The molecule has 1 aliphatic heterocycles. The molecule has 1 aliphatic rings. The molecule has 37 heavy (non-hydrogen) atoms. The highest BCUT2D eigenvalue weighted by molar-refractivity contribution is 6.39. The van der Waals surface area contributed by atoms with Gasteiger partial charge >= 0.3 is 12.0 Å². The van der Waals surface area contributed by atoms with Crippen molar-refractivity contribution in [2.75, 3.05) is 19.1 Å². The van der Waals surface area contributed by atoms with E-state index in [2.05, 4.69) is 5.32 Å². The summed E-state index contributed by atoms with van der Waals surface area (Å²) >= 11 is 0. The number of carbonyl (C=O) groups is 4. The molecule has 0 spiro atoms. The normalized spacial score (nSPS) is 14.6. The zero-order valence-electron chi connectivity index (χ0n) is 20.0. The predicted octanol–water partition coefficient (Wildman–Crippen LogP) is 3.99. The Bertz CT molecular complexity index is 1430. The topological polar surface area (TPSA) is 111 Å². The molecule has 0 unspecified atom stereocenters. The lowest BCUT2D eigenvalue weighted by Gasteiger charge is -2.27. The Morgan fingerprint density at radius 1 is 0.811 bits per heavy atom. The number of carbonyl (C=O) groups excluding carboxylic acids is 4. The number of nitrogens with zero attached hydrogens (tertiary/aromatic N) is 1. The van der Waals surface area contributed by atoms with Crippen molar-refractivity contribution in [3.63, 3.8) is 0 Å². The van der Waals surface area contributed by atoms with Crippen molar-refractivity contribution < 1.29 is 33.4 Å². The quantitative estimate of drug-likeness (QED) is 0.227. The van der Waals surface area contributed by atoms with E-state index in [1.165, 1.54) is 44.6 Å². The first-order valence-corrected chi connectivity index (χ1v) is 11.1. The molecule has 1 N–H and O–H groups in total. The van der Waals surface area contributed by atoms with Crippen LogP contribution in [0.4, 0.5) is 10.5 Å². The third-order valence-corrected chi connectivity index (χ3v) is 5.35. The van der Waals surface area contributed by atoms with Gasteiger partial charge in [0.2, 0.25) is 0 Å². The lowest BCUT2D eigenvalue weighted by Crippen LogP contribution is -2.54. The third-order valence-electron chi connectivity index (χ3n) is 5.35. The molecule has 3 aromatic rings. The van der Waals surface area contributed by atoms with Gasteiger partial charge in [0.25, 0.3) is 11.8 Å². The van der Waals surface area contributed by atoms with Crippen molar-refractivity contribution in [1.29, 1.82) is 0 Å². The number of anilines is 1. The number of urea groups is 1. The van der Waals surface area contributed by atoms with Crippen LogP contribution in [0.3, 0.4) is 0 Å². The fourth-order valence-electron chi connectivity index (χ4n) is 3.59. The lowest BCUT2D eigenvalue weighted by atomic mass is 10.1. The number of esters is 1. The van der Waals surface area contributed by atoms with Crippen LogP contribution in [0.15, 0.2) is 84.4 Å². The zero-order valence-corrected chi connectivity index (χ0v) is 20.0. The van der Waals surface area contributed by atoms with Crippen molar-refractivity contribution in [2.24, 2.45) is 0 Å². The second-order valence-corrected chi connectivity index (χ2v) is 7.71. The Kier molecular flexibility index (Phi) is 7.44. The molecule has 9 heteroatoms. The van der Waals surface area contributed by atoms with Crippen LogP contribution in [0, 0.1) is 0 Å². The maximum Gasteiger partial charge on any atom is 0.336 e. The van der Waals surface area contributed by atoms with E-state index in [0.717, 1.165) is 10.5 Å². The summed E-state index contributed by atoms with van der Waals surface area (Å²) in [5, 5.41) is 2.17. The predicted molar refractivity (Wildman–Crippen MR) is 136 cm³/mol. The van der Waals surface area contributed by atoms with Gasteiger partial charge in [0, 0.05) is 6.08 Å². The molecule has 1 heterocycles. The van der Waals surface area contributed by atoms with Gasteiger partial charge in [-0.2, -0.15) is 0 Å². The van der Waals surface area contributed by atoms with E-state index in [0.29, 0.717) is 5.56 Å². The molecule has 1 fully saturated rings. The maximum absolute atomic E-state index is 13.2. The Balaban J connectivity index is 1.58. The highest BCUT2D eigenvalue weighted by Gasteiger charge is 2.38. The molecular formula is C28H22N2O7. The first-order valence-electron chi connectivity index (χ1n) is 11.1. The molecule has 4 amide bonds. The molecule has 0 aromatic heterocycles. The monoisotopic (exact) mass is 498 g/mol. The summed E-state index contributed by atoms with van der Waals surface area (Å²) in [6, 6.07) is 19.3. The Hall–Kier alpha value is -5.18. The number of rotatable bonds is 7. The molecule has 1 saturated heterocycles. The number of nitrogens with one attached hydrogen (secondary N) is 1. The number of amides is 4. The minimum Gasteiger partial charge on any atom is -0.495 e. The summed E-state index contributed by atoms with van der Waals surface area (Å²) in [6.45, 7) is 0. The van der Waals surface area contributed by atoms with Gasteiger partial charge in [-0.25, -0.2) is 14.5 Å². The molecule has 0 saturated carbocycles. The van der Waals surface area contributed by atoms with Gasteiger partial charge in [0.1, 0.15) is 11.3 Å². The summed E-state index contributed by atoms with van der Waals surface area (Å²) in [6.07, 6.45) is 4.23. The number of hydrogen-bond donors (Lipinski definition) is 1. The number of hydrogen-bond acceptors (Lipinski definition) is 7. The zero-order chi connectivity index (χ0) is 26.4. The van der Waals surface area contributed by atoms with Gasteiger partial charge in [0.05, 0.1) is 19.9 Å². The van der Waals surface area contributed by atoms with Crippen molar-refractivity contribution in [3.8, 4) is 17.2 Å². The van der Waals surface area contributed by atoms with E-state index in [9.17, 15) is 19.2 Å². The minimum absolute atomic E-state index is 0.151. The third kappa shape index (κ3) is 5.57. The summed E-state index contributed by atoms with van der Waals surface area (Å²) < 4.78 is 16.0. The summed E-state index contributed by atoms with van der Waals surface area (Å²) in [7, 11) is 2.80. The standard InChI is InChI=1S/C28H22N2O7/c1-35-22-11-7-6-10-21(22)30-27(33)20(26(32)29-28(30)34)16-19-12-14-23(24(17-19)36-2)37-25(31)15-13-18-8-4-3-5-9-18/h3-17H,1-2H3,(H,29,32,34)/b15-13+,20-16+. The number of benzene rings is 3. The van der Waals surface area contributed by atoms with Crippen LogP contribution in [-0.2, 0) is 14.4 Å². The van der Waals surface area contributed by atoms with E-state index in [4.69, 9.17) is 14.2 Å². The molecule has 4 rings (SSSR count). The van der Waals surface area contributed by atoms with Crippen LogP contribution in [-0.4, -0.2) is 38.0 Å². The Morgan fingerprint density at radius 2 is 1.51 bits per heavy atom. The fraction of sp³-hybridized carbons (Fsp3) is 0.0714. The van der Waals surface area contributed by atoms with E-state index in [1.807, 2.05) is 30.3 Å². The fourth-order valence-corrected chi connectivity index (χ4v) is 3.59. The average molecular weight is 498 g/mol. The van der Waals surface area contributed by atoms with E-state index in [1.54, 1.807) is 30.3 Å². The van der Waals surface area contributed by atoms with Crippen molar-refractivity contribution in [1.82, 2.24) is 5.32 Å². The van der Waals surface area contributed by atoms with Crippen LogP contribution in [0.1, 0.15) is 11.1 Å². The Morgan fingerprint density at radius 3 is 2.24 bits per heavy atom. The molecule has 9 nitrogen and oxygen atoms in total. The van der Waals surface area contributed by atoms with Crippen molar-refractivity contribution >= 4 is 41.7 Å². The van der Waals surface area contributed by atoms with Crippen molar-refractivity contribution in [2.45, 2.75) is 0 Å². The van der Waals surface area contributed by atoms with Gasteiger partial charge in [-0.05, 0) is 47.5 Å². The molecule has 0 aliphatic carbocycles. The maximum atomic E-state index is 13.2. The number of ether oxygens (including phenoxy) is 3. The van der Waals surface area contributed by atoms with Gasteiger partial charge in [-0.1, -0.05) is 48.5 Å². The van der Waals surface area contributed by atoms with E-state index >= 15 is 0 Å². The largest absolute Gasteiger partial charge is 0.495 e. The molecular weight excluding hydrogens is 476 g/mol. The summed E-state index contributed by atoms with van der Waals surface area (Å²) in [4.78, 5) is 51.3. The molecule has 0 radical (unpaired) electrons. The van der Waals surface area contributed by atoms with Crippen LogP contribution < -0.4 is 24.4 Å². The van der Waals surface area contributed by atoms with Gasteiger partial charge < -0.3 is 14.2 Å². The van der Waals surface area contributed by atoms with Crippen LogP contribution in [0.5, 0.6) is 17.2 Å². The first-order chi connectivity index (χ1) is 17.9. The summed E-state index contributed by atoms with van der Waals surface area (Å²) in [5.74, 6) is -1.63. The SMILES string of the molecule is COc1cc(/C=C2\C(=O)NC(=O)N(c3ccccc3OC)C2=O)ccc1OC(=O)/C=C/c1ccccc1. The van der Waals surface area contributed by atoms with E-state index < -0.39 is 23.8 Å². The minimum atomic E-state index is -0.889. The lowest BCUT2D eigenvalue weighted by molar-refractivity contribution is -0.129. The van der Waals surface area contributed by atoms with Crippen LogP contribution in [0.2, 0.25) is 0 Å². The van der Waals surface area contributed by atoms with Gasteiger partial charge in [-0.3, -0.25) is 14.9 Å². The molecule has 186 valence electrons. The first kappa shape index (κ1) is 24.9. The molecule has 3 aromatic carbocycles. The van der Waals surface area contributed by atoms with Gasteiger partial charge in [0.15, 0.2) is 11.5 Å². The highest BCUT2D eigenvalue weighted by atomic mass is 16.6. The van der Waals surface area contributed by atoms with E-state index in [-0.39, 0.29) is 28.5 Å². The smallest absolute Gasteiger partial charge is 0.336 e. The molecule has 0 atom stereocenters. The van der Waals surface area contributed by atoms with Crippen LogP contribution in [0.25, 0.3) is 12.2 Å². The number of imide groups is 2. The second kappa shape index (κ2) is 11.0. The average Bonchev–Trinajstić information content (AvgIpc) is 2.91.